The molecule has 3 aliphatic carbocycles. The first-order valence-electron chi connectivity index (χ1n) is 15.7. The standard InChI is InChI=1S/C13H19N.C12H17N.C11H15N/c14-13-10-6-5-9-12(13)11-7-3-1-2-4-8-11;13-12-9-5-4-8-11(12)10-6-2-1-3-7-10;12-11-8-4-3-7-10(11)9-5-1-2-6-9/h5-6,9-11H,1-4,7-8,14H2;4-5,8-10H,1-3,6-7,13H2;3-4,7-9H,1-2,5-6,12H2. The topological polar surface area (TPSA) is 78.1 Å². The maximum atomic E-state index is 6.00. The Bertz CT molecular complexity index is 1100. The van der Waals surface area contributed by atoms with Gasteiger partial charge in [0.2, 0.25) is 0 Å². The molecule has 210 valence electrons. The number of hydrogen-bond acceptors (Lipinski definition) is 3. The van der Waals surface area contributed by atoms with Crippen molar-refractivity contribution in [3.05, 3.63) is 89.5 Å². The van der Waals surface area contributed by atoms with E-state index in [1.807, 2.05) is 36.4 Å². The zero-order valence-electron chi connectivity index (χ0n) is 24.0. The Morgan fingerprint density at radius 3 is 0.846 bits per heavy atom. The fourth-order valence-electron chi connectivity index (χ4n) is 6.89. The van der Waals surface area contributed by atoms with E-state index in [0.717, 1.165) is 34.8 Å². The van der Waals surface area contributed by atoms with Crippen molar-refractivity contribution in [2.24, 2.45) is 0 Å². The van der Waals surface area contributed by atoms with Gasteiger partial charge in [-0.2, -0.15) is 0 Å². The zero-order chi connectivity index (χ0) is 27.3. The summed E-state index contributed by atoms with van der Waals surface area (Å²) in [4.78, 5) is 0. The van der Waals surface area contributed by atoms with E-state index in [0.29, 0.717) is 0 Å². The van der Waals surface area contributed by atoms with Gasteiger partial charge in [0, 0.05) is 17.1 Å². The van der Waals surface area contributed by atoms with Crippen LogP contribution in [0.3, 0.4) is 0 Å². The molecule has 3 aliphatic rings. The Hall–Kier alpha value is -2.94. The number of para-hydroxylation sites is 3. The van der Waals surface area contributed by atoms with Gasteiger partial charge >= 0.3 is 0 Å². The molecular weight excluding hydrogens is 474 g/mol. The molecule has 39 heavy (non-hydrogen) atoms. The lowest BCUT2D eigenvalue weighted by atomic mass is 9.83. The van der Waals surface area contributed by atoms with Gasteiger partial charge in [0.05, 0.1) is 0 Å². The summed E-state index contributed by atoms with van der Waals surface area (Å²) in [7, 11) is 0. The van der Waals surface area contributed by atoms with E-state index < -0.39 is 0 Å². The lowest BCUT2D eigenvalue weighted by molar-refractivity contribution is 0.444. The quantitative estimate of drug-likeness (QED) is 0.235. The second-order valence-corrected chi connectivity index (χ2v) is 11.9. The number of hydrogen-bond donors (Lipinski definition) is 3. The summed E-state index contributed by atoms with van der Waals surface area (Å²) < 4.78 is 0. The summed E-state index contributed by atoms with van der Waals surface area (Å²) in [5.41, 5.74) is 24.9. The van der Waals surface area contributed by atoms with Crippen molar-refractivity contribution in [1.29, 1.82) is 0 Å². The first-order chi connectivity index (χ1) is 19.1. The monoisotopic (exact) mass is 525 g/mol. The van der Waals surface area contributed by atoms with Crippen LogP contribution in [0.25, 0.3) is 0 Å². The van der Waals surface area contributed by atoms with Gasteiger partial charge in [-0.1, -0.05) is 112 Å². The average Bonchev–Trinajstić information content (AvgIpc) is 3.37. The van der Waals surface area contributed by atoms with E-state index in [-0.39, 0.29) is 0 Å². The molecule has 0 amide bonds. The summed E-state index contributed by atoms with van der Waals surface area (Å²) in [6.07, 6.45) is 20.4. The predicted octanol–water partition coefficient (Wildman–Crippen LogP) is 9.95. The lowest BCUT2D eigenvalue weighted by Gasteiger charge is -2.23. The number of benzene rings is 3. The van der Waals surface area contributed by atoms with Crippen LogP contribution >= 0.6 is 0 Å². The molecule has 3 fully saturated rings. The molecule has 3 nitrogen and oxygen atoms in total. The summed E-state index contributed by atoms with van der Waals surface area (Å²) in [6.45, 7) is 0. The number of nitrogen functional groups attached to an aromatic ring is 3. The first-order valence-corrected chi connectivity index (χ1v) is 15.7. The third kappa shape index (κ3) is 8.78. The van der Waals surface area contributed by atoms with Gasteiger partial charge < -0.3 is 17.2 Å². The molecule has 0 radical (unpaired) electrons. The Morgan fingerprint density at radius 2 is 0.564 bits per heavy atom. The van der Waals surface area contributed by atoms with Crippen LogP contribution in [0.5, 0.6) is 0 Å². The van der Waals surface area contributed by atoms with Gasteiger partial charge in [0.25, 0.3) is 0 Å². The molecule has 0 atom stereocenters. The molecule has 0 bridgehead atoms. The van der Waals surface area contributed by atoms with E-state index in [2.05, 4.69) is 36.4 Å². The van der Waals surface area contributed by atoms with E-state index in [1.165, 1.54) is 113 Å². The molecule has 0 aliphatic heterocycles. The minimum Gasteiger partial charge on any atom is -0.398 e. The highest BCUT2D eigenvalue weighted by Crippen LogP contribution is 2.37. The van der Waals surface area contributed by atoms with Gasteiger partial charge in [0.15, 0.2) is 0 Å². The molecule has 6 N–H and O–H groups in total. The maximum Gasteiger partial charge on any atom is 0.0349 e. The minimum absolute atomic E-state index is 0.721. The Kier molecular flexibility index (Phi) is 11.6. The number of nitrogens with two attached hydrogens (primary N) is 3. The van der Waals surface area contributed by atoms with Crippen LogP contribution in [0.15, 0.2) is 72.8 Å². The van der Waals surface area contributed by atoms with Crippen molar-refractivity contribution in [3.63, 3.8) is 0 Å². The molecule has 6 rings (SSSR count). The normalized spacial score (nSPS) is 18.8. The SMILES string of the molecule is Nc1ccccc1C1CCCC1.Nc1ccccc1C1CCCCC1.Nc1ccccc1C1CCCCCC1. The Balaban J connectivity index is 0.000000136. The van der Waals surface area contributed by atoms with Gasteiger partial charge in [-0.15, -0.1) is 0 Å². The highest BCUT2D eigenvalue weighted by atomic mass is 14.6. The molecular formula is C36H51N3. The second kappa shape index (κ2) is 15.6. The van der Waals surface area contributed by atoms with Crippen molar-refractivity contribution in [1.82, 2.24) is 0 Å². The van der Waals surface area contributed by atoms with Crippen molar-refractivity contribution >= 4 is 17.1 Å². The first kappa shape index (κ1) is 29.1. The van der Waals surface area contributed by atoms with Crippen LogP contribution in [0, 0.1) is 0 Å². The second-order valence-electron chi connectivity index (χ2n) is 11.9. The van der Waals surface area contributed by atoms with Gasteiger partial charge in [-0.3, -0.25) is 0 Å². The molecule has 3 aromatic rings. The fraction of sp³-hybridized carbons (Fsp3) is 0.500. The summed E-state index contributed by atoms with van der Waals surface area (Å²) >= 11 is 0. The molecule has 3 heteroatoms. The smallest absolute Gasteiger partial charge is 0.0349 e. The number of rotatable bonds is 3. The maximum absolute atomic E-state index is 6.00. The molecule has 3 aromatic carbocycles. The summed E-state index contributed by atoms with van der Waals surface area (Å²) in [6, 6.07) is 25.0. The van der Waals surface area contributed by atoms with Crippen molar-refractivity contribution in [2.45, 2.75) is 114 Å². The van der Waals surface area contributed by atoms with Gasteiger partial charge in [-0.25, -0.2) is 0 Å². The van der Waals surface area contributed by atoms with Crippen LogP contribution in [-0.4, -0.2) is 0 Å². The van der Waals surface area contributed by atoms with E-state index in [4.69, 9.17) is 17.2 Å². The average molecular weight is 526 g/mol. The molecule has 0 saturated heterocycles. The van der Waals surface area contributed by atoms with Crippen molar-refractivity contribution in [2.75, 3.05) is 17.2 Å². The third-order valence-corrected chi connectivity index (χ3v) is 9.12. The molecule has 0 spiro atoms. The highest BCUT2D eigenvalue weighted by molar-refractivity contribution is 5.50. The van der Waals surface area contributed by atoms with E-state index in [9.17, 15) is 0 Å². The Labute approximate surface area is 237 Å². The predicted molar refractivity (Wildman–Crippen MR) is 170 cm³/mol. The van der Waals surface area contributed by atoms with Crippen molar-refractivity contribution < 1.29 is 0 Å². The molecule has 0 heterocycles. The molecule has 0 aromatic heterocycles. The van der Waals surface area contributed by atoms with Gasteiger partial charge in [0.1, 0.15) is 0 Å². The summed E-state index contributed by atoms with van der Waals surface area (Å²) in [5.74, 6) is 2.19. The van der Waals surface area contributed by atoms with Crippen LogP contribution in [0.1, 0.15) is 131 Å². The van der Waals surface area contributed by atoms with E-state index in [1.54, 1.807) is 0 Å². The van der Waals surface area contributed by atoms with Crippen LogP contribution in [0.4, 0.5) is 17.1 Å². The Morgan fingerprint density at radius 1 is 0.333 bits per heavy atom. The summed E-state index contributed by atoms with van der Waals surface area (Å²) in [5, 5.41) is 0. The van der Waals surface area contributed by atoms with Crippen LogP contribution in [0.2, 0.25) is 0 Å². The molecule has 3 saturated carbocycles. The van der Waals surface area contributed by atoms with E-state index >= 15 is 0 Å². The molecule has 0 unspecified atom stereocenters. The third-order valence-electron chi connectivity index (χ3n) is 9.12. The fourth-order valence-corrected chi connectivity index (χ4v) is 6.89. The number of anilines is 3. The zero-order valence-corrected chi connectivity index (χ0v) is 24.0. The van der Waals surface area contributed by atoms with Gasteiger partial charge in [-0.05, 0) is 91.2 Å². The van der Waals surface area contributed by atoms with Crippen molar-refractivity contribution in [3.8, 4) is 0 Å². The van der Waals surface area contributed by atoms with Crippen LogP contribution in [-0.2, 0) is 0 Å². The highest BCUT2D eigenvalue weighted by Gasteiger charge is 2.19. The largest absolute Gasteiger partial charge is 0.398 e. The van der Waals surface area contributed by atoms with Crippen LogP contribution < -0.4 is 17.2 Å². The lowest BCUT2D eigenvalue weighted by Crippen LogP contribution is -2.06. The minimum atomic E-state index is 0.721.